The number of rotatable bonds is 2. The third-order valence-corrected chi connectivity index (χ3v) is 5.59. The van der Waals surface area contributed by atoms with Gasteiger partial charge in [-0.2, -0.15) is 0 Å². The van der Waals surface area contributed by atoms with Crippen molar-refractivity contribution in [2.24, 2.45) is 0 Å². The lowest BCUT2D eigenvalue weighted by molar-refractivity contribution is 0.232. The summed E-state index contributed by atoms with van der Waals surface area (Å²) in [5.41, 5.74) is 6.56. The average Bonchev–Trinajstić information content (AvgIpc) is 3.27. The maximum Gasteiger partial charge on any atom is 0.0953 e. The summed E-state index contributed by atoms with van der Waals surface area (Å²) >= 11 is 0. The van der Waals surface area contributed by atoms with Crippen LogP contribution in [0.3, 0.4) is 0 Å². The van der Waals surface area contributed by atoms with Crippen LogP contribution < -0.4 is 4.90 Å². The molecule has 0 saturated carbocycles. The Morgan fingerprint density at radius 1 is 0.680 bits per heavy atom. The van der Waals surface area contributed by atoms with Gasteiger partial charge in [-0.25, -0.2) is 0 Å². The predicted octanol–water partition coefficient (Wildman–Crippen LogP) is 5.18. The highest BCUT2D eigenvalue weighted by molar-refractivity contribution is 5.80. The molecule has 0 amide bonds. The maximum atomic E-state index is 2.45. The van der Waals surface area contributed by atoms with Gasteiger partial charge >= 0.3 is 0 Å². The Labute approximate surface area is 148 Å². The lowest BCUT2D eigenvalue weighted by atomic mass is 9.88. The Morgan fingerprint density at radius 3 is 1.88 bits per heavy atom. The smallest absolute Gasteiger partial charge is 0.0953 e. The molecule has 0 unspecified atom stereocenters. The van der Waals surface area contributed by atoms with Crippen LogP contribution in [0.15, 0.2) is 91.3 Å². The third kappa shape index (κ3) is 1.97. The Bertz CT molecular complexity index is 913. The highest BCUT2D eigenvalue weighted by Gasteiger charge is 2.44. The second kappa shape index (κ2) is 5.25. The molecular formula is C23H20N2. The number of benzene rings is 3. The standard InChI is InChI=1S/C23H20N2/c1-23(25-16-15-24(17-25)18-9-3-2-4-10-18)21-13-7-5-11-19(21)20-12-6-8-14-22(20)23/h2-16H,17H2,1H3. The van der Waals surface area contributed by atoms with E-state index in [1.807, 2.05) is 0 Å². The molecule has 0 spiro atoms. The van der Waals surface area contributed by atoms with E-state index in [-0.39, 0.29) is 5.54 Å². The summed E-state index contributed by atoms with van der Waals surface area (Å²) in [4.78, 5) is 4.75. The summed E-state index contributed by atoms with van der Waals surface area (Å²) in [5.74, 6) is 0. The predicted molar refractivity (Wildman–Crippen MR) is 103 cm³/mol. The number of hydrogen-bond acceptors (Lipinski definition) is 2. The van der Waals surface area contributed by atoms with Crippen LogP contribution in [0.2, 0.25) is 0 Å². The Kier molecular flexibility index (Phi) is 3.01. The van der Waals surface area contributed by atoms with Gasteiger partial charge in [-0.1, -0.05) is 66.7 Å². The Hall–Kier alpha value is -3.00. The van der Waals surface area contributed by atoms with E-state index in [2.05, 4.69) is 108 Å². The molecule has 0 atom stereocenters. The fourth-order valence-corrected chi connectivity index (χ4v) is 4.24. The minimum Gasteiger partial charge on any atom is -0.345 e. The zero-order valence-electron chi connectivity index (χ0n) is 14.3. The quantitative estimate of drug-likeness (QED) is 0.641. The Balaban J connectivity index is 1.59. The molecule has 1 heterocycles. The number of fused-ring (bicyclic) bond motifs is 3. The number of hydrogen-bond donors (Lipinski definition) is 0. The van der Waals surface area contributed by atoms with E-state index >= 15 is 0 Å². The first kappa shape index (κ1) is 14.4. The molecule has 1 aliphatic carbocycles. The summed E-state index contributed by atoms with van der Waals surface area (Å²) in [6, 6.07) is 28.2. The Morgan fingerprint density at radius 2 is 1.24 bits per heavy atom. The molecule has 2 nitrogen and oxygen atoms in total. The normalized spacial score (nSPS) is 16.8. The first-order chi connectivity index (χ1) is 12.3. The van der Waals surface area contributed by atoms with Crippen molar-refractivity contribution in [3.05, 3.63) is 102 Å². The fourth-order valence-electron chi connectivity index (χ4n) is 4.24. The van der Waals surface area contributed by atoms with Crippen LogP contribution in [0.5, 0.6) is 0 Å². The highest BCUT2D eigenvalue weighted by atomic mass is 15.4. The molecule has 0 radical (unpaired) electrons. The van der Waals surface area contributed by atoms with Crippen LogP contribution in [-0.2, 0) is 5.54 Å². The zero-order valence-corrected chi connectivity index (χ0v) is 14.3. The van der Waals surface area contributed by atoms with Crippen LogP contribution >= 0.6 is 0 Å². The summed E-state index contributed by atoms with van der Waals surface area (Å²) in [6.45, 7) is 3.19. The number of para-hydroxylation sites is 1. The third-order valence-electron chi connectivity index (χ3n) is 5.59. The lowest BCUT2D eigenvalue weighted by Crippen LogP contribution is -2.41. The summed E-state index contributed by atoms with van der Waals surface area (Å²) in [6.07, 6.45) is 4.41. The highest BCUT2D eigenvalue weighted by Crippen LogP contribution is 2.51. The monoisotopic (exact) mass is 324 g/mol. The van der Waals surface area contributed by atoms with Crippen molar-refractivity contribution < 1.29 is 0 Å². The van der Waals surface area contributed by atoms with Crippen molar-refractivity contribution in [3.63, 3.8) is 0 Å². The van der Waals surface area contributed by atoms with E-state index < -0.39 is 0 Å². The van der Waals surface area contributed by atoms with Crippen LogP contribution in [0.25, 0.3) is 11.1 Å². The maximum absolute atomic E-state index is 2.45. The molecule has 0 fully saturated rings. The first-order valence-corrected chi connectivity index (χ1v) is 8.74. The summed E-state index contributed by atoms with van der Waals surface area (Å²) in [7, 11) is 0. The first-order valence-electron chi connectivity index (χ1n) is 8.74. The zero-order chi connectivity index (χ0) is 16.9. The van der Waals surface area contributed by atoms with Gasteiger partial charge < -0.3 is 9.80 Å². The SMILES string of the molecule is CC1(N2C=CN(c3ccccc3)C2)c2ccccc2-c2ccccc21. The molecule has 3 aromatic carbocycles. The average molecular weight is 324 g/mol. The molecule has 2 heteroatoms. The number of anilines is 1. The molecule has 0 bridgehead atoms. The van der Waals surface area contributed by atoms with Gasteiger partial charge in [0.2, 0.25) is 0 Å². The molecule has 0 N–H and O–H groups in total. The van der Waals surface area contributed by atoms with Crippen molar-refractivity contribution >= 4 is 5.69 Å². The van der Waals surface area contributed by atoms with Crippen molar-refractivity contribution in [1.29, 1.82) is 0 Å². The molecule has 1 aliphatic heterocycles. The van der Waals surface area contributed by atoms with Crippen LogP contribution in [0.4, 0.5) is 5.69 Å². The minimum atomic E-state index is -0.146. The van der Waals surface area contributed by atoms with Crippen LogP contribution in [0.1, 0.15) is 18.1 Å². The molecule has 2 aliphatic rings. The van der Waals surface area contributed by atoms with Crippen molar-refractivity contribution in [2.75, 3.05) is 11.6 Å². The molecule has 25 heavy (non-hydrogen) atoms. The second-order valence-corrected chi connectivity index (χ2v) is 6.88. The molecular weight excluding hydrogens is 304 g/mol. The topological polar surface area (TPSA) is 6.48 Å². The number of nitrogens with zero attached hydrogens (tertiary/aromatic N) is 2. The van der Waals surface area contributed by atoms with Gasteiger partial charge in [-0.3, -0.25) is 0 Å². The van der Waals surface area contributed by atoms with Gasteiger partial charge in [0.25, 0.3) is 0 Å². The van der Waals surface area contributed by atoms with E-state index in [0.29, 0.717) is 0 Å². The van der Waals surface area contributed by atoms with Gasteiger partial charge in [0.05, 0.1) is 12.2 Å². The molecule has 5 rings (SSSR count). The second-order valence-electron chi connectivity index (χ2n) is 6.88. The fraction of sp³-hybridized carbons (Fsp3) is 0.130. The van der Waals surface area contributed by atoms with Crippen LogP contribution in [0, 0.1) is 0 Å². The van der Waals surface area contributed by atoms with E-state index in [4.69, 9.17) is 0 Å². The van der Waals surface area contributed by atoms with Gasteiger partial charge in [0, 0.05) is 18.1 Å². The molecule has 3 aromatic rings. The van der Waals surface area contributed by atoms with Crippen molar-refractivity contribution in [1.82, 2.24) is 4.90 Å². The largest absolute Gasteiger partial charge is 0.345 e. The minimum absolute atomic E-state index is 0.146. The van der Waals surface area contributed by atoms with Gasteiger partial charge in [-0.15, -0.1) is 0 Å². The van der Waals surface area contributed by atoms with E-state index in [1.54, 1.807) is 0 Å². The molecule has 0 aromatic heterocycles. The molecule has 122 valence electrons. The van der Waals surface area contributed by atoms with Crippen molar-refractivity contribution in [2.45, 2.75) is 12.5 Å². The molecule has 0 saturated heterocycles. The summed E-state index contributed by atoms with van der Waals surface area (Å²) < 4.78 is 0. The van der Waals surface area contributed by atoms with E-state index in [1.165, 1.54) is 27.9 Å². The summed E-state index contributed by atoms with van der Waals surface area (Å²) in [5, 5.41) is 0. The van der Waals surface area contributed by atoms with Gasteiger partial charge in [-0.05, 0) is 41.3 Å². The van der Waals surface area contributed by atoms with E-state index in [0.717, 1.165) is 6.67 Å². The van der Waals surface area contributed by atoms with Crippen molar-refractivity contribution in [3.8, 4) is 11.1 Å². The van der Waals surface area contributed by atoms with Gasteiger partial charge in [0.1, 0.15) is 0 Å². The van der Waals surface area contributed by atoms with Crippen LogP contribution in [-0.4, -0.2) is 11.6 Å². The van der Waals surface area contributed by atoms with Gasteiger partial charge in [0.15, 0.2) is 0 Å². The van der Waals surface area contributed by atoms with E-state index in [9.17, 15) is 0 Å². The lowest BCUT2D eigenvalue weighted by Gasteiger charge is -2.38.